The molecule has 0 bridgehead atoms. The Morgan fingerprint density at radius 3 is 1.40 bits per heavy atom. The van der Waals surface area contributed by atoms with Crippen molar-refractivity contribution in [3.63, 3.8) is 0 Å². The van der Waals surface area contributed by atoms with Gasteiger partial charge in [0.05, 0.1) is 40.3 Å². The SMILES string of the molecule is CCCCC(Oc1ccc(CCC(=O)OC(=O)COc2ccc(OC(CCCC)c3cccc(-c4ccc(C(F)(F)F)cc4)n3)cc2)cc1)c1cccc(-c2ccc(C(F)(F)F)cc2)n1. The second-order valence-electron chi connectivity index (χ2n) is 15.3. The van der Waals surface area contributed by atoms with E-state index in [0.29, 0.717) is 70.4 Å². The molecule has 0 aliphatic rings. The van der Waals surface area contributed by atoms with Gasteiger partial charge in [0.25, 0.3) is 0 Å². The van der Waals surface area contributed by atoms with Crippen LogP contribution in [0.4, 0.5) is 26.3 Å². The van der Waals surface area contributed by atoms with Crippen LogP contribution in [0.5, 0.6) is 17.2 Å². The monoisotopic (exact) mass is 898 g/mol. The Bertz CT molecular complexity index is 2290. The number of esters is 2. The van der Waals surface area contributed by atoms with Crippen molar-refractivity contribution in [2.24, 2.45) is 0 Å². The fourth-order valence-electron chi connectivity index (χ4n) is 6.83. The van der Waals surface area contributed by atoms with E-state index in [9.17, 15) is 35.9 Å². The van der Waals surface area contributed by atoms with Crippen LogP contribution < -0.4 is 14.2 Å². The minimum Gasteiger partial charge on any atom is -0.484 e. The lowest BCUT2D eigenvalue weighted by Gasteiger charge is -2.20. The molecule has 0 saturated carbocycles. The minimum absolute atomic E-state index is 0.0565. The second kappa shape index (κ2) is 22.3. The van der Waals surface area contributed by atoms with Gasteiger partial charge in [-0.2, -0.15) is 26.3 Å². The Morgan fingerprint density at radius 1 is 0.538 bits per heavy atom. The third-order valence-electron chi connectivity index (χ3n) is 10.4. The zero-order valence-electron chi connectivity index (χ0n) is 35.8. The number of hydrogen-bond acceptors (Lipinski definition) is 8. The van der Waals surface area contributed by atoms with Crippen LogP contribution in [0.25, 0.3) is 22.5 Å². The molecule has 4 aromatic carbocycles. The van der Waals surface area contributed by atoms with Crippen LogP contribution in [0.3, 0.4) is 0 Å². The van der Waals surface area contributed by atoms with E-state index in [2.05, 4.69) is 13.8 Å². The van der Waals surface area contributed by atoms with E-state index in [1.54, 1.807) is 60.7 Å². The first kappa shape index (κ1) is 47.8. The van der Waals surface area contributed by atoms with E-state index in [-0.39, 0.29) is 6.42 Å². The summed E-state index contributed by atoms with van der Waals surface area (Å²) in [7, 11) is 0. The Labute approximate surface area is 373 Å². The summed E-state index contributed by atoms with van der Waals surface area (Å²) in [6.07, 6.45) is -4.62. The highest BCUT2D eigenvalue weighted by molar-refractivity contribution is 5.86. The van der Waals surface area contributed by atoms with Gasteiger partial charge in [-0.05, 0) is 123 Å². The molecule has 0 radical (unpaired) electrons. The number of pyridine rings is 2. The number of halogens is 6. The zero-order valence-corrected chi connectivity index (χ0v) is 35.8. The Morgan fingerprint density at radius 2 is 0.969 bits per heavy atom. The van der Waals surface area contributed by atoms with Gasteiger partial charge in [-0.3, -0.25) is 4.79 Å². The molecule has 14 heteroatoms. The first-order valence-corrected chi connectivity index (χ1v) is 21.4. The van der Waals surface area contributed by atoms with E-state index >= 15 is 0 Å². The molecule has 0 spiro atoms. The first-order valence-electron chi connectivity index (χ1n) is 21.4. The summed E-state index contributed by atoms with van der Waals surface area (Å²) in [5.41, 5.74) is 2.77. The number of benzene rings is 4. The summed E-state index contributed by atoms with van der Waals surface area (Å²) in [4.78, 5) is 34.5. The Hall–Kier alpha value is -6.70. The van der Waals surface area contributed by atoms with Crippen molar-refractivity contribution < 1.29 is 54.9 Å². The lowest BCUT2D eigenvalue weighted by Crippen LogP contribution is -2.19. The van der Waals surface area contributed by atoms with Gasteiger partial charge in [0.1, 0.15) is 29.5 Å². The minimum atomic E-state index is -4.43. The molecule has 340 valence electrons. The molecule has 2 atom stereocenters. The maximum absolute atomic E-state index is 13.1. The molecule has 0 saturated heterocycles. The van der Waals surface area contributed by atoms with E-state index in [1.807, 2.05) is 24.3 Å². The standard InChI is InChI=1S/C51H48F6N2O6/c1-3-5-13-46(44-11-7-9-42(58-44)35-18-22-37(23-19-35)50(52,53)54)63-40-26-15-34(16-27-40)17-32-48(60)65-49(61)33-62-39-28-30-41(31-29-39)64-47(14-6-4-2)45-12-8-10-43(59-45)36-20-24-38(25-21-36)51(55,56)57/h7-12,15-16,18-31,46-47H,3-6,13-14,17,32-33H2,1-2H3. The van der Waals surface area contributed by atoms with Gasteiger partial charge in [-0.15, -0.1) is 0 Å². The third-order valence-corrected chi connectivity index (χ3v) is 10.4. The molecule has 0 N–H and O–H groups in total. The molecule has 2 unspecified atom stereocenters. The number of carbonyl (C=O) groups excluding carboxylic acids is 2. The number of hydrogen-bond donors (Lipinski definition) is 0. The molecule has 6 rings (SSSR count). The van der Waals surface area contributed by atoms with Crippen molar-refractivity contribution >= 4 is 11.9 Å². The number of unbranched alkanes of at least 4 members (excludes halogenated alkanes) is 2. The number of alkyl halides is 6. The molecule has 0 amide bonds. The molecular formula is C51H48F6N2O6. The number of carbonyl (C=O) groups is 2. The van der Waals surface area contributed by atoms with Crippen LogP contribution in [0.15, 0.2) is 133 Å². The Balaban J connectivity index is 0.966. The van der Waals surface area contributed by atoms with Crippen LogP contribution in [0.2, 0.25) is 0 Å². The predicted octanol–water partition coefficient (Wildman–Crippen LogP) is 13.6. The highest BCUT2D eigenvalue weighted by atomic mass is 19.4. The van der Waals surface area contributed by atoms with Gasteiger partial charge in [-0.25, -0.2) is 14.8 Å². The van der Waals surface area contributed by atoms with Crippen molar-refractivity contribution in [1.82, 2.24) is 9.97 Å². The summed E-state index contributed by atoms with van der Waals surface area (Å²) in [6.45, 7) is 3.61. The number of rotatable bonds is 20. The summed E-state index contributed by atoms with van der Waals surface area (Å²) in [6, 6.07) is 34.2. The molecular weight excluding hydrogens is 851 g/mol. The molecule has 0 fully saturated rings. The summed E-state index contributed by atoms with van der Waals surface area (Å²) >= 11 is 0. The topological polar surface area (TPSA) is 96.8 Å². The normalized spacial score (nSPS) is 12.6. The van der Waals surface area contributed by atoms with E-state index < -0.39 is 54.2 Å². The van der Waals surface area contributed by atoms with Gasteiger partial charge in [0, 0.05) is 11.1 Å². The number of ether oxygens (including phenoxy) is 4. The Kier molecular flexibility index (Phi) is 16.4. The molecule has 8 nitrogen and oxygen atoms in total. The van der Waals surface area contributed by atoms with E-state index in [4.69, 9.17) is 28.9 Å². The van der Waals surface area contributed by atoms with Crippen LogP contribution in [0, 0.1) is 0 Å². The largest absolute Gasteiger partial charge is 0.484 e. The highest BCUT2D eigenvalue weighted by Gasteiger charge is 2.31. The van der Waals surface area contributed by atoms with Crippen LogP contribution in [-0.4, -0.2) is 28.5 Å². The van der Waals surface area contributed by atoms with Gasteiger partial charge in [0.15, 0.2) is 6.61 Å². The van der Waals surface area contributed by atoms with E-state index in [1.165, 1.54) is 24.3 Å². The molecule has 2 heterocycles. The molecule has 0 aliphatic heterocycles. The van der Waals surface area contributed by atoms with Gasteiger partial charge in [0.2, 0.25) is 0 Å². The summed E-state index contributed by atoms with van der Waals surface area (Å²) < 4.78 is 102. The average molecular weight is 899 g/mol. The lowest BCUT2D eigenvalue weighted by atomic mass is 10.1. The fourth-order valence-corrected chi connectivity index (χ4v) is 6.83. The quantitative estimate of drug-likeness (QED) is 0.0425. The van der Waals surface area contributed by atoms with Crippen LogP contribution in [-0.2, 0) is 33.1 Å². The maximum Gasteiger partial charge on any atom is 0.416 e. The number of aromatic nitrogens is 2. The van der Waals surface area contributed by atoms with Crippen LogP contribution in [0.1, 0.15) is 99.1 Å². The van der Waals surface area contributed by atoms with Crippen LogP contribution >= 0.6 is 0 Å². The van der Waals surface area contributed by atoms with Crippen molar-refractivity contribution in [2.75, 3.05) is 6.61 Å². The molecule has 65 heavy (non-hydrogen) atoms. The van der Waals surface area contributed by atoms with E-state index in [0.717, 1.165) is 55.5 Å². The lowest BCUT2D eigenvalue weighted by molar-refractivity contribution is -0.161. The number of nitrogens with zero attached hydrogens (tertiary/aromatic N) is 2. The van der Waals surface area contributed by atoms with Crippen molar-refractivity contribution in [3.8, 4) is 39.8 Å². The molecule has 6 aromatic rings. The molecule has 0 aliphatic carbocycles. The van der Waals surface area contributed by atoms with Gasteiger partial charge in [-0.1, -0.05) is 75.2 Å². The van der Waals surface area contributed by atoms with Crippen molar-refractivity contribution in [3.05, 3.63) is 162 Å². The average Bonchev–Trinajstić information content (AvgIpc) is 3.30. The second-order valence-corrected chi connectivity index (χ2v) is 15.3. The third kappa shape index (κ3) is 14.1. The molecule has 2 aromatic heterocycles. The predicted molar refractivity (Wildman–Crippen MR) is 233 cm³/mol. The van der Waals surface area contributed by atoms with Gasteiger partial charge >= 0.3 is 24.3 Å². The smallest absolute Gasteiger partial charge is 0.416 e. The highest BCUT2D eigenvalue weighted by Crippen LogP contribution is 2.34. The fraction of sp³-hybridized carbons (Fsp3) is 0.294. The number of aryl methyl sites for hydroxylation is 1. The van der Waals surface area contributed by atoms with Crippen molar-refractivity contribution in [1.29, 1.82) is 0 Å². The van der Waals surface area contributed by atoms with Crippen molar-refractivity contribution in [2.45, 2.75) is 89.8 Å². The first-order chi connectivity index (χ1) is 31.2. The van der Waals surface area contributed by atoms with Gasteiger partial charge < -0.3 is 18.9 Å². The maximum atomic E-state index is 13.1. The zero-order chi connectivity index (χ0) is 46.4. The summed E-state index contributed by atoms with van der Waals surface area (Å²) in [5, 5.41) is 0. The summed E-state index contributed by atoms with van der Waals surface area (Å²) in [5.74, 6) is -0.141.